The lowest BCUT2D eigenvalue weighted by molar-refractivity contribution is -0.137. The molecule has 5 N–H and O–H groups in total. The van der Waals surface area contributed by atoms with Crippen LogP contribution in [0, 0.1) is 0 Å². The Bertz CT molecular complexity index is 1040. The maximum Gasteiger partial charge on any atom is 0.330 e. The van der Waals surface area contributed by atoms with Gasteiger partial charge in [0.25, 0.3) is 0 Å². The zero-order valence-electron chi connectivity index (χ0n) is 15.6. The second kappa shape index (κ2) is 10.8. The number of nitrogen functional groups attached to an aromatic ring is 1. The molecular weight excluding hydrogens is 438 g/mol. The standard InChI is InChI=1S/C14H11BrN4.C6H9NO3/c15-9-2-1-3-11(6-9)19-14-12-7-10(16)4-5-13(12)17-8-18-14;1-2-10-6(9)4-3-5(7)8/h1-8H,16H2,(H,17,18,19);3-4H,2H2,1H3,(H2,7,8). The number of hydrogen-bond acceptors (Lipinski definition) is 7. The summed E-state index contributed by atoms with van der Waals surface area (Å²) < 4.78 is 5.47. The van der Waals surface area contributed by atoms with E-state index in [0.717, 1.165) is 39.0 Å². The number of carbonyl (C=O) groups is 2. The van der Waals surface area contributed by atoms with Gasteiger partial charge in [0.05, 0.1) is 12.1 Å². The second-order valence-electron chi connectivity index (χ2n) is 5.62. The van der Waals surface area contributed by atoms with Gasteiger partial charge in [0, 0.05) is 33.4 Å². The topological polar surface area (TPSA) is 133 Å². The van der Waals surface area contributed by atoms with Crippen LogP contribution in [0.1, 0.15) is 6.92 Å². The highest BCUT2D eigenvalue weighted by Crippen LogP contribution is 2.25. The van der Waals surface area contributed by atoms with Gasteiger partial charge in [-0.25, -0.2) is 14.8 Å². The van der Waals surface area contributed by atoms with Crippen LogP contribution in [0.15, 0.2) is 65.4 Å². The number of anilines is 3. The molecule has 9 heteroatoms. The van der Waals surface area contributed by atoms with Gasteiger partial charge in [-0.15, -0.1) is 0 Å². The molecule has 150 valence electrons. The summed E-state index contributed by atoms with van der Waals surface area (Å²) in [7, 11) is 0. The van der Waals surface area contributed by atoms with Gasteiger partial charge in [-0.1, -0.05) is 22.0 Å². The highest BCUT2D eigenvalue weighted by molar-refractivity contribution is 9.10. The lowest BCUT2D eigenvalue weighted by Crippen LogP contribution is -2.07. The zero-order chi connectivity index (χ0) is 21.2. The summed E-state index contributed by atoms with van der Waals surface area (Å²) in [5, 5.41) is 4.18. The Balaban J connectivity index is 0.000000257. The number of primary amides is 1. The summed E-state index contributed by atoms with van der Waals surface area (Å²) in [5.41, 5.74) is 13.0. The molecule has 0 radical (unpaired) electrons. The first-order valence-electron chi connectivity index (χ1n) is 8.56. The first-order chi connectivity index (χ1) is 13.9. The van der Waals surface area contributed by atoms with Crippen molar-refractivity contribution in [2.45, 2.75) is 6.92 Å². The molecule has 0 saturated carbocycles. The van der Waals surface area contributed by atoms with Gasteiger partial charge in [0.15, 0.2) is 0 Å². The maximum atomic E-state index is 10.4. The molecule has 29 heavy (non-hydrogen) atoms. The van der Waals surface area contributed by atoms with Crippen LogP contribution in [0.4, 0.5) is 17.2 Å². The first kappa shape index (κ1) is 21.8. The monoisotopic (exact) mass is 457 g/mol. The number of aromatic nitrogens is 2. The van der Waals surface area contributed by atoms with Crippen molar-refractivity contribution >= 4 is 55.9 Å². The predicted octanol–water partition coefficient (Wildman–Crippen LogP) is 3.31. The lowest BCUT2D eigenvalue weighted by Gasteiger charge is -2.09. The number of nitrogens with zero attached hydrogens (tertiary/aromatic N) is 2. The molecule has 0 atom stereocenters. The number of nitrogens with two attached hydrogens (primary N) is 2. The summed E-state index contributed by atoms with van der Waals surface area (Å²) in [6, 6.07) is 13.5. The Morgan fingerprint density at radius 2 is 1.97 bits per heavy atom. The number of benzene rings is 2. The van der Waals surface area contributed by atoms with E-state index in [1.807, 2.05) is 42.5 Å². The van der Waals surface area contributed by atoms with Crippen molar-refractivity contribution < 1.29 is 14.3 Å². The van der Waals surface area contributed by atoms with Crippen molar-refractivity contribution in [2.75, 3.05) is 17.7 Å². The average molecular weight is 458 g/mol. The molecule has 3 aromatic rings. The Hall–Kier alpha value is -3.46. The van der Waals surface area contributed by atoms with E-state index in [9.17, 15) is 9.59 Å². The molecule has 1 aromatic heterocycles. The first-order valence-corrected chi connectivity index (χ1v) is 9.35. The van der Waals surface area contributed by atoms with Crippen molar-refractivity contribution in [1.82, 2.24) is 9.97 Å². The number of esters is 1. The molecular formula is C20H20BrN5O3. The minimum absolute atomic E-state index is 0.294. The Morgan fingerprint density at radius 3 is 2.66 bits per heavy atom. The number of nitrogens with one attached hydrogen (secondary N) is 1. The quantitative estimate of drug-likeness (QED) is 0.304. The number of rotatable bonds is 5. The fourth-order valence-corrected chi connectivity index (χ4v) is 2.62. The van der Waals surface area contributed by atoms with Gasteiger partial charge in [-0.3, -0.25) is 4.79 Å². The number of fused-ring (bicyclic) bond motifs is 1. The maximum absolute atomic E-state index is 10.4. The number of amides is 1. The molecule has 2 aromatic carbocycles. The number of halogens is 1. The molecule has 1 amide bonds. The molecule has 0 aliphatic rings. The molecule has 0 fully saturated rings. The highest BCUT2D eigenvalue weighted by Gasteiger charge is 2.04. The van der Waals surface area contributed by atoms with Crippen molar-refractivity contribution in [3.63, 3.8) is 0 Å². The summed E-state index contributed by atoms with van der Waals surface area (Å²) >= 11 is 3.44. The summed E-state index contributed by atoms with van der Waals surface area (Å²) in [4.78, 5) is 29.0. The normalized spacial score (nSPS) is 10.3. The van der Waals surface area contributed by atoms with Crippen LogP contribution in [0.3, 0.4) is 0 Å². The van der Waals surface area contributed by atoms with E-state index in [1.54, 1.807) is 13.3 Å². The van der Waals surface area contributed by atoms with Crippen LogP contribution >= 0.6 is 15.9 Å². The van der Waals surface area contributed by atoms with E-state index < -0.39 is 11.9 Å². The van der Waals surface area contributed by atoms with Crippen LogP contribution in [0.2, 0.25) is 0 Å². The van der Waals surface area contributed by atoms with E-state index in [-0.39, 0.29) is 0 Å². The SMILES string of the molecule is CCOC(=O)C=CC(N)=O.Nc1ccc2ncnc(Nc3cccc(Br)c3)c2c1. The molecule has 0 unspecified atom stereocenters. The number of hydrogen-bond donors (Lipinski definition) is 3. The largest absolute Gasteiger partial charge is 0.463 e. The molecule has 0 spiro atoms. The van der Waals surface area contributed by atoms with E-state index in [1.165, 1.54) is 0 Å². The third kappa shape index (κ3) is 7.23. The van der Waals surface area contributed by atoms with E-state index in [0.29, 0.717) is 12.3 Å². The highest BCUT2D eigenvalue weighted by atomic mass is 79.9. The van der Waals surface area contributed by atoms with E-state index >= 15 is 0 Å². The van der Waals surface area contributed by atoms with Crippen LogP contribution < -0.4 is 16.8 Å². The van der Waals surface area contributed by atoms with Crippen LogP contribution in [-0.2, 0) is 14.3 Å². The van der Waals surface area contributed by atoms with E-state index in [2.05, 4.69) is 36.0 Å². The smallest absolute Gasteiger partial charge is 0.330 e. The van der Waals surface area contributed by atoms with Crippen molar-refractivity contribution in [2.24, 2.45) is 5.73 Å². The number of carbonyl (C=O) groups excluding carboxylic acids is 2. The van der Waals surface area contributed by atoms with Crippen molar-refractivity contribution in [3.8, 4) is 0 Å². The van der Waals surface area contributed by atoms with Gasteiger partial charge in [-0.2, -0.15) is 0 Å². The van der Waals surface area contributed by atoms with Gasteiger partial charge >= 0.3 is 5.97 Å². The Morgan fingerprint density at radius 1 is 1.17 bits per heavy atom. The summed E-state index contributed by atoms with van der Waals surface area (Å²) in [6.07, 6.45) is 3.49. The summed E-state index contributed by atoms with van der Waals surface area (Å²) in [5.74, 6) is -0.468. The zero-order valence-corrected chi connectivity index (χ0v) is 17.2. The van der Waals surface area contributed by atoms with Crippen LogP contribution in [0.25, 0.3) is 10.9 Å². The van der Waals surface area contributed by atoms with Gasteiger partial charge < -0.3 is 21.5 Å². The molecule has 1 heterocycles. The molecule has 0 bridgehead atoms. The lowest BCUT2D eigenvalue weighted by atomic mass is 10.2. The fourth-order valence-electron chi connectivity index (χ4n) is 2.22. The summed E-state index contributed by atoms with van der Waals surface area (Å²) in [6.45, 7) is 1.97. The van der Waals surface area contributed by atoms with Gasteiger partial charge in [0.1, 0.15) is 12.1 Å². The van der Waals surface area contributed by atoms with Gasteiger partial charge in [0.2, 0.25) is 5.91 Å². The number of ether oxygens (including phenoxy) is 1. The van der Waals surface area contributed by atoms with Gasteiger partial charge in [-0.05, 0) is 43.3 Å². The third-order valence-corrected chi connectivity index (χ3v) is 3.91. The minimum Gasteiger partial charge on any atom is -0.463 e. The molecule has 0 aliphatic carbocycles. The molecule has 0 aliphatic heterocycles. The second-order valence-corrected chi connectivity index (χ2v) is 6.54. The van der Waals surface area contributed by atoms with E-state index in [4.69, 9.17) is 11.5 Å². The van der Waals surface area contributed by atoms with Crippen LogP contribution in [-0.4, -0.2) is 28.5 Å². The molecule has 3 rings (SSSR count). The molecule has 0 saturated heterocycles. The minimum atomic E-state index is -0.659. The van der Waals surface area contributed by atoms with Crippen molar-refractivity contribution in [3.05, 3.63) is 65.4 Å². The Kier molecular flexibility index (Phi) is 8.11. The van der Waals surface area contributed by atoms with Crippen molar-refractivity contribution in [1.29, 1.82) is 0 Å². The average Bonchev–Trinajstić information content (AvgIpc) is 2.68. The third-order valence-electron chi connectivity index (χ3n) is 3.42. The fraction of sp³-hybridized carbons (Fsp3) is 0.100. The molecule has 8 nitrogen and oxygen atoms in total. The van der Waals surface area contributed by atoms with Crippen LogP contribution in [0.5, 0.6) is 0 Å². The predicted molar refractivity (Wildman–Crippen MR) is 116 cm³/mol. The Labute approximate surface area is 176 Å².